The molecule has 1 fully saturated rings. The number of benzene rings is 3. The number of hydrogen-bond donors (Lipinski definition) is 1. The minimum atomic E-state index is -0.457. The summed E-state index contributed by atoms with van der Waals surface area (Å²) < 4.78 is 2.00. The molecule has 3 aromatic carbocycles. The van der Waals surface area contributed by atoms with Crippen molar-refractivity contribution in [3.05, 3.63) is 96.1 Å². The molecule has 35 heavy (non-hydrogen) atoms. The molecule has 0 spiro atoms. The second-order valence-corrected chi connectivity index (χ2v) is 9.77. The molecule has 1 heterocycles. The largest absolute Gasteiger partial charge is 0.273 e. The maximum Gasteiger partial charge on any atom is 0.175 e. The highest BCUT2D eigenvalue weighted by molar-refractivity contribution is 5.73. The fourth-order valence-electron chi connectivity index (χ4n) is 5.51. The molecule has 182 valence electrons. The molecule has 1 N–H and O–H groups in total. The van der Waals surface area contributed by atoms with Crippen LogP contribution in [0.15, 0.2) is 84.9 Å². The van der Waals surface area contributed by atoms with Crippen molar-refractivity contribution in [3.63, 3.8) is 0 Å². The standard InChI is InChI=1S/C30H36N4O/c1-2-3-23-30(25-17-9-5-10-18-25,26-19-11-6-12-20-26)32-35-29(24-15-7-4-8-16-24)34-28-22-14-13-21-27(28)31-33-34/h5-6,9-14,17-22,24,29,32H,2-4,7-8,15-16,23H2,1H3. The lowest BCUT2D eigenvalue weighted by atomic mass is 9.79. The first-order valence-electron chi connectivity index (χ1n) is 13.2. The number of hydroxylamine groups is 1. The Bertz CT molecular complexity index is 1150. The van der Waals surface area contributed by atoms with E-state index in [4.69, 9.17) is 4.84 Å². The Morgan fingerprint density at radius 1 is 0.886 bits per heavy atom. The van der Waals surface area contributed by atoms with Crippen molar-refractivity contribution >= 4 is 11.0 Å². The molecule has 0 aliphatic heterocycles. The van der Waals surface area contributed by atoms with Crippen molar-refractivity contribution in [2.75, 3.05) is 0 Å². The SMILES string of the molecule is CCCCC(NOC(C1CCCCC1)n1nnc2ccccc21)(c1ccccc1)c1ccccc1. The zero-order chi connectivity index (χ0) is 23.9. The van der Waals surface area contributed by atoms with Gasteiger partial charge in [-0.15, -0.1) is 5.10 Å². The van der Waals surface area contributed by atoms with Crippen molar-refractivity contribution in [2.45, 2.75) is 70.1 Å². The third kappa shape index (κ3) is 5.02. The average Bonchev–Trinajstić information content (AvgIpc) is 3.36. The Morgan fingerprint density at radius 2 is 1.51 bits per heavy atom. The summed E-state index contributed by atoms with van der Waals surface area (Å²) in [6, 6.07) is 29.6. The van der Waals surface area contributed by atoms with Crippen molar-refractivity contribution in [1.29, 1.82) is 0 Å². The second-order valence-electron chi connectivity index (χ2n) is 9.77. The topological polar surface area (TPSA) is 52.0 Å². The second kappa shape index (κ2) is 11.1. The molecule has 5 rings (SSSR count). The summed E-state index contributed by atoms with van der Waals surface area (Å²) in [5, 5.41) is 9.03. The van der Waals surface area contributed by atoms with Crippen LogP contribution in [0.1, 0.15) is 75.6 Å². The van der Waals surface area contributed by atoms with Crippen molar-refractivity contribution < 1.29 is 4.84 Å². The first-order valence-corrected chi connectivity index (χ1v) is 13.2. The number of rotatable bonds is 10. The minimum absolute atomic E-state index is 0.226. The van der Waals surface area contributed by atoms with Crippen LogP contribution in [-0.2, 0) is 10.4 Å². The molecule has 5 nitrogen and oxygen atoms in total. The molecular weight excluding hydrogens is 432 g/mol. The molecule has 1 unspecified atom stereocenters. The van der Waals surface area contributed by atoms with Gasteiger partial charge in [0.1, 0.15) is 5.52 Å². The summed E-state index contributed by atoms with van der Waals surface area (Å²) in [6.07, 6.45) is 8.94. The van der Waals surface area contributed by atoms with E-state index in [1.54, 1.807) is 0 Å². The number of fused-ring (bicyclic) bond motifs is 1. The van der Waals surface area contributed by atoms with E-state index in [9.17, 15) is 0 Å². The molecule has 1 aliphatic carbocycles. The normalized spacial score (nSPS) is 15.9. The van der Waals surface area contributed by atoms with Crippen molar-refractivity contribution in [2.24, 2.45) is 5.92 Å². The molecule has 0 bridgehead atoms. The van der Waals surface area contributed by atoms with Crippen LogP contribution < -0.4 is 5.48 Å². The van der Waals surface area contributed by atoms with Gasteiger partial charge in [-0.1, -0.05) is 117 Å². The molecule has 1 aliphatic rings. The summed E-state index contributed by atoms with van der Waals surface area (Å²) >= 11 is 0. The molecule has 1 saturated carbocycles. The molecule has 0 radical (unpaired) electrons. The summed E-state index contributed by atoms with van der Waals surface area (Å²) in [5.41, 5.74) is 7.55. The number of aromatic nitrogens is 3. The number of unbranched alkanes of at least 4 members (excludes halogenated alkanes) is 1. The van der Waals surface area contributed by atoms with Crippen LogP contribution in [0.4, 0.5) is 0 Å². The van der Waals surface area contributed by atoms with Crippen LogP contribution in [0.5, 0.6) is 0 Å². The van der Waals surface area contributed by atoms with Crippen LogP contribution in [-0.4, -0.2) is 15.0 Å². The van der Waals surface area contributed by atoms with Gasteiger partial charge in [0.05, 0.1) is 11.1 Å². The maximum atomic E-state index is 6.82. The molecule has 5 heteroatoms. The van der Waals surface area contributed by atoms with Crippen LogP contribution >= 0.6 is 0 Å². The third-order valence-corrected chi connectivity index (χ3v) is 7.46. The van der Waals surface area contributed by atoms with Crippen molar-refractivity contribution in [1.82, 2.24) is 20.5 Å². The summed E-state index contributed by atoms with van der Waals surface area (Å²) in [7, 11) is 0. The van der Waals surface area contributed by atoms with Gasteiger partial charge in [0, 0.05) is 5.92 Å². The van der Waals surface area contributed by atoms with Crippen LogP contribution in [0.25, 0.3) is 11.0 Å². The van der Waals surface area contributed by atoms with Gasteiger partial charge in [-0.3, -0.25) is 4.84 Å². The molecule has 4 aromatic rings. The van der Waals surface area contributed by atoms with Gasteiger partial charge in [-0.05, 0) is 42.5 Å². The molecule has 1 aromatic heterocycles. The fourth-order valence-corrected chi connectivity index (χ4v) is 5.51. The smallest absolute Gasteiger partial charge is 0.175 e. The van der Waals surface area contributed by atoms with Crippen LogP contribution in [0.3, 0.4) is 0 Å². The van der Waals surface area contributed by atoms with E-state index < -0.39 is 5.54 Å². The van der Waals surface area contributed by atoms with E-state index in [2.05, 4.69) is 89.4 Å². The predicted molar refractivity (Wildman–Crippen MR) is 141 cm³/mol. The number of para-hydroxylation sites is 1. The van der Waals surface area contributed by atoms with E-state index in [1.165, 1.54) is 30.4 Å². The Labute approximate surface area is 208 Å². The van der Waals surface area contributed by atoms with Crippen molar-refractivity contribution in [3.8, 4) is 0 Å². The van der Waals surface area contributed by atoms with E-state index >= 15 is 0 Å². The van der Waals surface area contributed by atoms with E-state index in [0.29, 0.717) is 5.92 Å². The minimum Gasteiger partial charge on any atom is -0.273 e. The maximum absolute atomic E-state index is 6.82. The Balaban J connectivity index is 1.55. The number of nitrogens with one attached hydrogen (secondary N) is 1. The summed E-state index contributed by atoms with van der Waals surface area (Å²) in [6.45, 7) is 2.24. The highest BCUT2D eigenvalue weighted by atomic mass is 16.7. The lowest BCUT2D eigenvalue weighted by molar-refractivity contribution is -0.138. The lowest BCUT2D eigenvalue weighted by Gasteiger charge is -2.39. The first-order chi connectivity index (χ1) is 17.3. The number of nitrogens with zero attached hydrogens (tertiary/aromatic N) is 3. The average molecular weight is 469 g/mol. The van der Waals surface area contributed by atoms with E-state index in [1.807, 2.05) is 22.9 Å². The summed E-state index contributed by atoms with van der Waals surface area (Å²) in [4.78, 5) is 6.82. The quantitative estimate of drug-likeness (QED) is 0.251. The molecule has 0 saturated heterocycles. The van der Waals surface area contributed by atoms with Gasteiger partial charge in [-0.2, -0.15) is 5.48 Å². The van der Waals surface area contributed by atoms with Gasteiger partial charge >= 0.3 is 0 Å². The molecule has 0 amide bonds. The predicted octanol–water partition coefficient (Wildman–Crippen LogP) is 7.17. The monoisotopic (exact) mass is 468 g/mol. The number of hydrogen-bond acceptors (Lipinski definition) is 4. The van der Waals surface area contributed by atoms with Gasteiger partial charge in [-0.25, -0.2) is 4.68 Å². The Kier molecular flexibility index (Phi) is 7.55. The summed E-state index contributed by atoms with van der Waals surface area (Å²) in [5.74, 6) is 0.386. The van der Waals surface area contributed by atoms with Gasteiger partial charge in [0.15, 0.2) is 6.23 Å². The fraction of sp³-hybridized carbons (Fsp3) is 0.400. The van der Waals surface area contributed by atoms with E-state index in [-0.39, 0.29) is 6.23 Å². The Hall–Kier alpha value is -3.02. The zero-order valence-electron chi connectivity index (χ0n) is 20.6. The third-order valence-electron chi connectivity index (χ3n) is 7.46. The van der Waals surface area contributed by atoms with Gasteiger partial charge in [0.2, 0.25) is 0 Å². The first kappa shape index (κ1) is 23.7. The zero-order valence-corrected chi connectivity index (χ0v) is 20.6. The molecular formula is C30H36N4O. The van der Waals surface area contributed by atoms with E-state index in [0.717, 1.165) is 43.1 Å². The molecule has 1 atom stereocenters. The highest BCUT2D eigenvalue weighted by Gasteiger charge is 2.37. The highest BCUT2D eigenvalue weighted by Crippen LogP contribution is 2.38. The van der Waals surface area contributed by atoms with Gasteiger partial charge < -0.3 is 0 Å². The Morgan fingerprint density at radius 3 is 2.17 bits per heavy atom. The van der Waals surface area contributed by atoms with Crippen LogP contribution in [0.2, 0.25) is 0 Å². The van der Waals surface area contributed by atoms with Crippen LogP contribution in [0, 0.1) is 5.92 Å². The lowest BCUT2D eigenvalue weighted by Crippen LogP contribution is -2.46. The van der Waals surface area contributed by atoms with Gasteiger partial charge in [0.25, 0.3) is 0 Å².